The maximum Gasteiger partial charge on any atom is 0.0959 e. The normalized spacial score (nSPS) is 31.7. The van der Waals surface area contributed by atoms with E-state index in [2.05, 4.69) is 24.3 Å². The predicted molar refractivity (Wildman–Crippen MR) is 47.2 cm³/mol. The van der Waals surface area contributed by atoms with Crippen LogP contribution in [0.4, 0.5) is 0 Å². The zero-order valence-electron chi connectivity index (χ0n) is 7.05. The zero-order valence-corrected chi connectivity index (χ0v) is 7.05. The molecule has 1 aliphatic heterocycles. The first-order chi connectivity index (χ1) is 5.88. The fraction of sp³-hybridized carbons (Fsp3) is 0.455. The summed E-state index contributed by atoms with van der Waals surface area (Å²) in [7, 11) is 0. The number of rotatable bonds is 0. The molecule has 1 saturated heterocycles. The first-order valence-electron chi connectivity index (χ1n) is 4.59. The highest BCUT2D eigenvalue weighted by Gasteiger charge is 2.46. The third kappa shape index (κ3) is 0.896. The first kappa shape index (κ1) is 6.67. The Labute approximate surface area is 72.4 Å². The molecule has 1 heterocycles. The van der Waals surface area contributed by atoms with Crippen molar-refractivity contribution in [1.29, 1.82) is 0 Å². The molecule has 12 heavy (non-hydrogen) atoms. The van der Waals surface area contributed by atoms with E-state index in [1.165, 1.54) is 24.0 Å². The third-order valence-electron chi connectivity index (χ3n) is 3.03. The van der Waals surface area contributed by atoms with Crippen LogP contribution in [-0.2, 0) is 17.6 Å². The molecule has 62 valence electrons. The fourth-order valence-corrected chi connectivity index (χ4v) is 2.12. The molecule has 0 N–H and O–H groups in total. The van der Waals surface area contributed by atoms with E-state index in [0.717, 1.165) is 13.0 Å². The summed E-state index contributed by atoms with van der Waals surface area (Å²) in [5, 5.41) is 0. The summed E-state index contributed by atoms with van der Waals surface area (Å²) in [6.07, 6.45) is 3.57. The number of benzene rings is 1. The smallest absolute Gasteiger partial charge is 0.0959 e. The van der Waals surface area contributed by atoms with Gasteiger partial charge in [0.15, 0.2) is 0 Å². The number of hydrogen-bond acceptors (Lipinski definition) is 1. The third-order valence-corrected chi connectivity index (χ3v) is 3.03. The molecule has 1 atom stereocenters. The minimum absolute atomic E-state index is 0.272. The van der Waals surface area contributed by atoms with Gasteiger partial charge in [0.25, 0.3) is 0 Å². The molecule has 1 aromatic rings. The summed E-state index contributed by atoms with van der Waals surface area (Å²) < 4.78 is 5.49. The standard InChI is InChI=1S/C11H12O/c1-2-4-10-7-11(8-12-11)6-5-9(10)3-1/h1-4H,5-8H2. The van der Waals surface area contributed by atoms with Crippen LogP contribution in [0.25, 0.3) is 0 Å². The average molecular weight is 160 g/mol. The Hall–Kier alpha value is -0.820. The van der Waals surface area contributed by atoms with Crippen molar-refractivity contribution in [2.45, 2.75) is 24.9 Å². The SMILES string of the molecule is c1ccc2c(c1)CCC1(CO1)C2. The van der Waals surface area contributed by atoms with Crippen molar-refractivity contribution in [1.82, 2.24) is 0 Å². The van der Waals surface area contributed by atoms with Gasteiger partial charge in [0.2, 0.25) is 0 Å². The highest BCUT2D eigenvalue weighted by Crippen LogP contribution is 2.40. The molecule has 1 aliphatic carbocycles. The van der Waals surface area contributed by atoms with E-state index >= 15 is 0 Å². The van der Waals surface area contributed by atoms with E-state index in [4.69, 9.17) is 4.74 Å². The number of hydrogen-bond donors (Lipinski definition) is 0. The molecule has 1 spiro atoms. The van der Waals surface area contributed by atoms with Gasteiger partial charge in [-0.2, -0.15) is 0 Å². The van der Waals surface area contributed by atoms with Crippen LogP contribution in [0, 0.1) is 0 Å². The summed E-state index contributed by atoms with van der Waals surface area (Å²) in [4.78, 5) is 0. The summed E-state index contributed by atoms with van der Waals surface area (Å²) in [6, 6.07) is 8.73. The van der Waals surface area contributed by atoms with Gasteiger partial charge in [-0.05, 0) is 24.0 Å². The largest absolute Gasteiger partial charge is 0.369 e. The summed E-state index contributed by atoms with van der Waals surface area (Å²) in [5.74, 6) is 0. The van der Waals surface area contributed by atoms with E-state index in [9.17, 15) is 0 Å². The number of ether oxygens (including phenoxy) is 1. The maximum atomic E-state index is 5.49. The Kier molecular flexibility index (Phi) is 1.17. The topological polar surface area (TPSA) is 12.5 Å². The van der Waals surface area contributed by atoms with Gasteiger partial charge in [-0.25, -0.2) is 0 Å². The lowest BCUT2D eigenvalue weighted by Crippen LogP contribution is -2.22. The summed E-state index contributed by atoms with van der Waals surface area (Å²) >= 11 is 0. The molecule has 0 saturated carbocycles. The molecule has 2 aliphatic rings. The maximum absolute atomic E-state index is 5.49. The van der Waals surface area contributed by atoms with Crippen molar-refractivity contribution in [2.24, 2.45) is 0 Å². The Balaban J connectivity index is 2.01. The van der Waals surface area contributed by atoms with Gasteiger partial charge in [-0.3, -0.25) is 0 Å². The van der Waals surface area contributed by atoms with Crippen LogP contribution < -0.4 is 0 Å². The van der Waals surface area contributed by atoms with Crippen LogP contribution in [0.5, 0.6) is 0 Å². The van der Waals surface area contributed by atoms with Gasteiger partial charge < -0.3 is 4.74 Å². The van der Waals surface area contributed by atoms with Gasteiger partial charge in [-0.15, -0.1) is 0 Å². The highest BCUT2D eigenvalue weighted by atomic mass is 16.6. The lowest BCUT2D eigenvalue weighted by molar-refractivity contribution is 0.278. The summed E-state index contributed by atoms with van der Waals surface area (Å²) in [6.45, 7) is 0.987. The van der Waals surface area contributed by atoms with Gasteiger partial charge in [-0.1, -0.05) is 24.3 Å². The monoisotopic (exact) mass is 160 g/mol. The lowest BCUT2D eigenvalue weighted by atomic mass is 9.84. The number of epoxide rings is 1. The Morgan fingerprint density at radius 1 is 1.17 bits per heavy atom. The predicted octanol–water partition coefficient (Wildman–Crippen LogP) is 1.94. The fourth-order valence-electron chi connectivity index (χ4n) is 2.12. The highest BCUT2D eigenvalue weighted by molar-refractivity contribution is 5.32. The molecule has 0 radical (unpaired) electrons. The molecule has 1 heteroatoms. The Bertz CT molecular complexity index is 313. The van der Waals surface area contributed by atoms with Crippen molar-refractivity contribution in [3.63, 3.8) is 0 Å². The van der Waals surface area contributed by atoms with Crippen molar-refractivity contribution in [3.05, 3.63) is 35.4 Å². The van der Waals surface area contributed by atoms with Crippen molar-refractivity contribution >= 4 is 0 Å². The van der Waals surface area contributed by atoms with Crippen molar-refractivity contribution in [3.8, 4) is 0 Å². The van der Waals surface area contributed by atoms with Crippen molar-refractivity contribution in [2.75, 3.05) is 6.61 Å². The van der Waals surface area contributed by atoms with Gasteiger partial charge >= 0.3 is 0 Å². The quantitative estimate of drug-likeness (QED) is 0.528. The number of fused-ring (bicyclic) bond motifs is 1. The summed E-state index contributed by atoms with van der Waals surface area (Å²) in [5.41, 5.74) is 3.30. The minimum atomic E-state index is 0.272. The molecule has 1 fully saturated rings. The molecule has 0 amide bonds. The average Bonchev–Trinajstić information content (AvgIpc) is 2.85. The molecular formula is C11H12O. The van der Waals surface area contributed by atoms with Crippen molar-refractivity contribution < 1.29 is 4.74 Å². The molecule has 0 bridgehead atoms. The molecule has 3 rings (SSSR count). The van der Waals surface area contributed by atoms with E-state index in [0.29, 0.717) is 0 Å². The van der Waals surface area contributed by atoms with Crippen LogP contribution in [-0.4, -0.2) is 12.2 Å². The van der Waals surface area contributed by atoms with E-state index in [-0.39, 0.29) is 5.60 Å². The van der Waals surface area contributed by atoms with Gasteiger partial charge in [0, 0.05) is 6.42 Å². The lowest BCUT2D eigenvalue weighted by Gasteiger charge is -2.20. The Morgan fingerprint density at radius 2 is 1.92 bits per heavy atom. The second-order valence-corrected chi connectivity index (χ2v) is 3.92. The van der Waals surface area contributed by atoms with Crippen LogP contribution in [0.2, 0.25) is 0 Å². The van der Waals surface area contributed by atoms with Gasteiger partial charge in [0.1, 0.15) is 0 Å². The number of aryl methyl sites for hydroxylation is 1. The Morgan fingerprint density at radius 3 is 2.67 bits per heavy atom. The van der Waals surface area contributed by atoms with E-state index in [1.54, 1.807) is 0 Å². The van der Waals surface area contributed by atoms with Crippen LogP contribution >= 0.6 is 0 Å². The van der Waals surface area contributed by atoms with E-state index in [1.807, 2.05) is 0 Å². The first-order valence-corrected chi connectivity index (χ1v) is 4.59. The van der Waals surface area contributed by atoms with Crippen LogP contribution in [0.3, 0.4) is 0 Å². The molecule has 0 aromatic heterocycles. The van der Waals surface area contributed by atoms with Crippen LogP contribution in [0.15, 0.2) is 24.3 Å². The minimum Gasteiger partial charge on any atom is -0.369 e. The van der Waals surface area contributed by atoms with E-state index < -0.39 is 0 Å². The molecule has 1 aromatic carbocycles. The zero-order chi connectivity index (χ0) is 8.02. The molecule has 1 unspecified atom stereocenters. The molecule has 1 nitrogen and oxygen atoms in total. The van der Waals surface area contributed by atoms with Crippen LogP contribution in [0.1, 0.15) is 17.5 Å². The second kappa shape index (κ2) is 2.11. The molecular weight excluding hydrogens is 148 g/mol. The second-order valence-electron chi connectivity index (χ2n) is 3.92. The van der Waals surface area contributed by atoms with Gasteiger partial charge in [0.05, 0.1) is 12.2 Å².